The van der Waals surface area contributed by atoms with Crippen molar-refractivity contribution in [2.75, 3.05) is 0 Å². The lowest BCUT2D eigenvalue weighted by Crippen LogP contribution is -2.08. The number of aryl methyl sites for hydroxylation is 1. The van der Waals surface area contributed by atoms with Crippen LogP contribution in [0.4, 0.5) is 0 Å². The van der Waals surface area contributed by atoms with E-state index < -0.39 is 0 Å². The number of hydrogen-bond acceptors (Lipinski definition) is 2. The van der Waals surface area contributed by atoms with E-state index >= 15 is 0 Å². The molecule has 0 aliphatic heterocycles. The molecule has 0 bridgehead atoms. The summed E-state index contributed by atoms with van der Waals surface area (Å²) in [5.74, 6) is 1.91. The molecule has 3 rings (SSSR count). The van der Waals surface area contributed by atoms with Gasteiger partial charge in [-0.3, -0.25) is 0 Å². The van der Waals surface area contributed by atoms with Crippen LogP contribution < -0.4 is 5.73 Å². The van der Waals surface area contributed by atoms with Gasteiger partial charge in [0.25, 0.3) is 0 Å². The number of rotatable bonds is 3. The first kappa shape index (κ1) is 12.7. The van der Waals surface area contributed by atoms with E-state index in [-0.39, 0.29) is 6.04 Å². The van der Waals surface area contributed by atoms with Crippen molar-refractivity contribution in [1.29, 1.82) is 0 Å². The number of imidazole rings is 1. The fourth-order valence-electron chi connectivity index (χ4n) is 3.25. The lowest BCUT2D eigenvalue weighted by Gasteiger charge is -2.09. The summed E-state index contributed by atoms with van der Waals surface area (Å²) in [7, 11) is 2.14. The van der Waals surface area contributed by atoms with E-state index in [1.165, 1.54) is 42.6 Å². The molecule has 1 aliphatic carbocycles. The normalized spacial score (nSPS) is 18.3. The molecule has 1 aromatic heterocycles. The third-order valence-corrected chi connectivity index (χ3v) is 4.53. The smallest absolute Gasteiger partial charge is 0.112 e. The molecule has 1 atom stereocenters. The van der Waals surface area contributed by atoms with Crippen LogP contribution in [0.5, 0.6) is 0 Å². The topological polar surface area (TPSA) is 43.8 Å². The Hall–Kier alpha value is -1.35. The minimum Gasteiger partial charge on any atom is -0.331 e. The average Bonchev–Trinajstić information content (AvgIpc) is 3.05. The van der Waals surface area contributed by atoms with Crippen LogP contribution in [0.15, 0.2) is 18.2 Å². The van der Waals surface area contributed by atoms with Crippen LogP contribution >= 0.6 is 0 Å². The summed E-state index contributed by atoms with van der Waals surface area (Å²) in [6.45, 7) is 2.12. The van der Waals surface area contributed by atoms with Crippen LogP contribution in [0.2, 0.25) is 0 Å². The first-order valence-electron chi connectivity index (χ1n) is 7.42. The number of hydrogen-bond donors (Lipinski definition) is 1. The predicted octanol–water partition coefficient (Wildman–Crippen LogP) is 3.64. The van der Waals surface area contributed by atoms with E-state index in [0.29, 0.717) is 5.92 Å². The van der Waals surface area contributed by atoms with E-state index in [2.05, 4.69) is 36.7 Å². The molecule has 1 unspecified atom stereocenters. The second-order valence-electron chi connectivity index (χ2n) is 5.77. The lowest BCUT2D eigenvalue weighted by atomic mass is 10.1. The van der Waals surface area contributed by atoms with Gasteiger partial charge in [-0.1, -0.05) is 25.8 Å². The van der Waals surface area contributed by atoms with Gasteiger partial charge < -0.3 is 10.3 Å². The minimum absolute atomic E-state index is 0.126. The van der Waals surface area contributed by atoms with E-state index in [1.54, 1.807) is 0 Å². The molecule has 1 fully saturated rings. The molecular formula is C16H23N3. The van der Waals surface area contributed by atoms with Crippen LogP contribution in [0.1, 0.15) is 62.4 Å². The highest BCUT2D eigenvalue weighted by molar-refractivity contribution is 5.77. The highest BCUT2D eigenvalue weighted by atomic mass is 15.1. The van der Waals surface area contributed by atoms with Gasteiger partial charge in [-0.15, -0.1) is 0 Å². The van der Waals surface area contributed by atoms with Crippen LogP contribution in [0, 0.1) is 0 Å². The van der Waals surface area contributed by atoms with Crippen molar-refractivity contribution >= 4 is 11.0 Å². The van der Waals surface area contributed by atoms with E-state index in [0.717, 1.165) is 11.9 Å². The Kier molecular flexibility index (Phi) is 3.31. The first-order valence-corrected chi connectivity index (χ1v) is 7.42. The maximum atomic E-state index is 6.12. The molecule has 0 spiro atoms. The van der Waals surface area contributed by atoms with Gasteiger partial charge >= 0.3 is 0 Å². The standard InChI is InChI=1S/C16H23N3/c1-3-13(17)12-8-9-15-14(10-12)18-16(19(15)2)11-6-4-5-7-11/h8-11,13H,3-7,17H2,1-2H3. The summed E-state index contributed by atoms with van der Waals surface area (Å²) < 4.78 is 2.27. The molecular weight excluding hydrogens is 234 g/mol. The SMILES string of the molecule is CCC(N)c1ccc2c(c1)nc(C1CCCC1)n2C. The van der Waals surface area contributed by atoms with Crippen molar-refractivity contribution < 1.29 is 0 Å². The van der Waals surface area contributed by atoms with Crippen LogP contribution in [-0.2, 0) is 7.05 Å². The number of aromatic nitrogens is 2. The first-order chi connectivity index (χ1) is 9.20. The molecule has 1 heterocycles. The Morgan fingerprint density at radius 2 is 2.11 bits per heavy atom. The molecule has 2 aromatic rings. The molecule has 1 saturated carbocycles. The fraction of sp³-hybridized carbons (Fsp3) is 0.562. The molecule has 0 saturated heterocycles. The number of nitrogens with two attached hydrogens (primary N) is 1. The van der Waals surface area contributed by atoms with Crippen molar-refractivity contribution in [3.8, 4) is 0 Å². The maximum absolute atomic E-state index is 6.12. The van der Waals surface area contributed by atoms with Gasteiger partial charge in [-0.05, 0) is 37.0 Å². The van der Waals surface area contributed by atoms with Crippen molar-refractivity contribution in [3.63, 3.8) is 0 Å². The van der Waals surface area contributed by atoms with Crippen molar-refractivity contribution in [3.05, 3.63) is 29.6 Å². The van der Waals surface area contributed by atoms with Crippen LogP contribution in [-0.4, -0.2) is 9.55 Å². The molecule has 3 nitrogen and oxygen atoms in total. The number of benzene rings is 1. The Balaban J connectivity index is 2.04. The molecule has 0 amide bonds. The quantitative estimate of drug-likeness (QED) is 0.912. The fourth-order valence-corrected chi connectivity index (χ4v) is 3.25. The predicted molar refractivity (Wildman–Crippen MR) is 79.1 cm³/mol. The highest BCUT2D eigenvalue weighted by Gasteiger charge is 2.22. The van der Waals surface area contributed by atoms with Gasteiger partial charge in [0.2, 0.25) is 0 Å². The molecule has 0 radical (unpaired) electrons. The number of fused-ring (bicyclic) bond motifs is 1. The summed E-state index contributed by atoms with van der Waals surface area (Å²) in [6.07, 6.45) is 6.24. The van der Waals surface area contributed by atoms with E-state index in [1.807, 2.05) is 0 Å². The zero-order valence-electron chi connectivity index (χ0n) is 11.9. The zero-order valence-corrected chi connectivity index (χ0v) is 11.9. The second-order valence-corrected chi connectivity index (χ2v) is 5.77. The Morgan fingerprint density at radius 3 is 2.79 bits per heavy atom. The lowest BCUT2D eigenvalue weighted by molar-refractivity contribution is 0.639. The van der Waals surface area contributed by atoms with Crippen molar-refractivity contribution in [1.82, 2.24) is 9.55 Å². The van der Waals surface area contributed by atoms with Crippen LogP contribution in [0.25, 0.3) is 11.0 Å². The molecule has 3 heteroatoms. The summed E-state index contributed by atoms with van der Waals surface area (Å²) in [5, 5.41) is 0. The van der Waals surface area contributed by atoms with Crippen molar-refractivity contribution in [2.24, 2.45) is 12.8 Å². The zero-order chi connectivity index (χ0) is 13.4. The van der Waals surface area contributed by atoms with Gasteiger partial charge in [0.05, 0.1) is 11.0 Å². The average molecular weight is 257 g/mol. The summed E-state index contributed by atoms with van der Waals surface area (Å²) in [6, 6.07) is 6.62. The maximum Gasteiger partial charge on any atom is 0.112 e. The third kappa shape index (κ3) is 2.16. The van der Waals surface area contributed by atoms with Gasteiger partial charge in [-0.2, -0.15) is 0 Å². The van der Waals surface area contributed by atoms with Crippen LogP contribution in [0.3, 0.4) is 0 Å². The Morgan fingerprint density at radius 1 is 1.37 bits per heavy atom. The van der Waals surface area contributed by atoms with Gasteiger partial charge in [0.15, 0.2) is 0 Å². The molecule has 19 heavy (non-hydrogen) atoms. The van der Waals surface area contributed by atoms with E-state index in [9.17, 15) is 0 Å². The minimum atomic E-state index is 0.126. The summed E-state index contributed by atoms with van der Waals surface area (Å²) >= 11 is 0. The third-order valence-electron chi connectivity index (χ3n) is 4.53. The van der Waals surface area contributed by atoms with Gasteiger partial charge in [0, 0.05) is 19.0 Å². The van der Waals surface area contributed by atoms with E-state index in [4.69, 9.17) is 10.7 Å². The van der Waals surface area contributed by atoms with Gasteiger partial charge in [0.1, 0.15) is 5.82 Å². The number of nitrogens with zero attached hydrogens (tertiary/aromatic N) is 2. The van der Waals surface area contributed by atoms with Gasteiger partial charge in [-0.25, -0.2) is 4.98 Å². The monoisotopic (exact) mass is 257 g/mol. The second kappa shape index (κ2) is 4.97. The summed E-state index contributed by atoms with van der Waals surface area (Å²) in [5.41, 5.74) is 9.65. The Labute approximate surface area is 114 Å². The summed E-state index contributed by atoms with van der Waals surface area (Å²) in [4.78, 5) is 4.88. The highest BCUT2D eigenvalue weighted by Crippen LogP contribution is 2.35. The Bertz CT molecular complexity index is 579. The molecule has 1 aliphatic rings. The molecule has 2 N–H and O–H groups in total. The van der Waals surface area contributed by atoms with Crippen molar-refractivity contribution in [2.45, 2.75) is 51.0 Å². The largest absolute Gasteiger partial charge is 0.331 e. The molecule has 102 valence electrons. The molecule has 1 aromatic carbocycles.